The van der Waals surface area contributed by atoms with Gasteiger partial charge in [0, 0.05) is 36.9 Å². The van der Waals surface area contributed by atoms with Crippen LogP contribution < -0.4 is 4.90 Å². The van der Waals surface area contributed by atoms with Gasteiger partial charge in [0.25, 0.3) is 0 Å². The Labute approximate surface area is 97.3 Å². The molecular weight excluding hydrogens is 200 g/mol. The molecule has 0 amide bonds. The van der Waals surface area contributed by atoms with Gasteiger partial charge in [-0.2, -0.15) is 0 Å². The summed E-state index contributed by atoms with van der Waals surface area (Å²) >= 11 is 0. The van der Waals surface area contributed by atoms with Crippen LogP contribution in [0.4, 0.5) is 5.69 Å². The van der Waals surface area contributed by atoms with E-state index in [4.69, 9.17) is 0 Å². The third-order valence-corrected chi connectivity index (χ3v) is 3.46. The van der Waals surface area contributed by atoms with E-state index in [-0.39, 0.29) is 6.61 Å². The molecule has 88 valence electrons. The van der Waals surface area contributed by atoms with Crippen LogP contribution in [0.15, 0.2) is 24.3 Å². The van der Waals surface area contributed by atoms with Crippen molar-refractivity contribution in [3.63, 3.8) is 0 Å². The van der Waals surface area contributed by atoms with Gasteiger partial charge >= 0.3 is 0 Å². The average molecular weight is 220 g/mol. The lowest BCUT2D eigenvalue weighted by molar-refractivity contribution is 0.233. The molecule has 0 saturated carbocycles. The number of rotatable bonds is 2. The topological polar surface area (TPSA) is 26.7 Å². The second-order valence-electron chi connectivity index (χ2n) is 4.56. The number of piperazine rings is 1. The summed E-state index contributed by atoms with van der Waals surface area (Å²) in [5.41, 5.74) is 2.21. The van der Waals surface area contributed by atoms with Crippen molar-refractivity contribution in [2.45, 2.75) is 19.6 Å². The molecule has 1 aliphatic rings. The van der Waals surface area contributed by atoms with Crippen molar-refractivity contribution in [2.75, 3.05) is 31.6 Å². The van der Waals surface area contributed by atoms with Crippen LogP contribution >= 0.6 is 0 Å². The Morgan fingerprint density at radius 3 is 2.75 bits per heavy atom. The van der Waals surface area contributed by atoms with Crippen molar-refractivity contribution in [3.8, 4) is 0 Å². The third kappa shape index (κ3) is 2.20. The quantitative estimate of drug-likeness (QED) is 0.814. The summed E-state index contributed by atoms with van der Waals surface area (Å²) in [6.45, 7) is 5.52. The highest BCUT2D eigenvalue weighted by Crippen LogP contribution is 2.22. The average Bonchev–Trinajstić information content (AvgIpc) is 2.32. The molecule has 3 nitrogen and oxygen atoms in total. The standard InChI is InChI=1S/C13H20N2O/c1-11-9-15(8-7-14(11)2)13-6-4-3-5-12(13)10-16/h3-6,11,16H,7-10H2,1-2H3. The van der Waals surface area contributed by atoms with E-state index in [0.717, 1.165) is 25.2 Å². The molecule has 1 aromatic carbocycles. The lowest BCUT2D eigenvalue weighted by Crippen LogP contribution is -2.50. The molecule has 1 unspecified atom stereocenters. The van der Waals surface area contributed by atoms with Crippen LogP contribution in [0.3, 0.4) is 0 Å². The minimum absolute atomic E-state index is 0.122. The number of hydrogen-bond acceptors (Lipinski definition) is 3. The van der Waals surface area contributed by atoms with Crippen LogP contribution in [0.5, 0.6) is 0 Å². The maximum atomic E-state index is 9.33. The van der Waals surface area contributed by atoms with E-state index in [0.29, 0.717) is 6.04 Å². The zero-order chi connectivity index (χ0) is 11.5. The van der Waals surface area contributed by atoms with Gasteiger partial charge in [0.2, 0.25) is 0 Å². The number of benzene rings is 1. The maximum Gasteiger partial charge on any atom is 0.0702 e. The van der Waals surface area contributed by atoms with Crippen molar-refractivity contribution in [3.05, 3.63) is 29.8 Å². The van der Waals surface area contributed by atoms with Crippen LogP contribution in [-0.2, 0) is 6.61 Å². The Morgan fingerprint density at radius 1 is 1.31 bits per heavy atom. The van der Waals surface area contributed by atoms with E-state index < -0.39 is 0 Å². The summed E-state index contributed by atoms with van der Waals surface area (Å²) in [5, 5.41) is 9.33. The number of nitrogens with zero attached hydrogens (tertiary/aromatic N) is 2. The molecule has 1 aromatic rings. The Bertz CT molecular complexity index is 354. The van der Waals surface area contributed by atoms with E-state index in [1.165, 1.54) is 5.69 Å². The minimum Gasteiger partial charge on any atom is -0.392 e. The first-order valence-electron chi connectivity index (χ1n) is 5.86. The molecule has 1 N–H and O–H groups in total. The Morgan fingerprint density at radius 2 is 2.06 bits per heavy atom. The first-order valence-corrected chi connectivity index (χ1v) is 5.86. The number of para-hydroxylation sites is 1. The van der Waals surface area contributed by atoms with Gasteiger partial charge in [0.05, 0.1) is 6.61 Å². The summed E-state index contributed by atoms with van der Waals surface area (Å²) in [5.74, 6) is 0. The molecule has 0 spiro atoms. The van der Waals surface area contributed by atoms with Gasteiger partial charge < -0.3 is 14.9 Å². The molecule has 2 rings (SSSR count). The molecule has 1 heterocycles. The van der Waals surface area contributed by atoms with Crippen molar-refractivity contribution < 1.29 is 5.11 Å². The highest BCUT2D eigenvalue weighted by molar-refractivity contribution is 5.53. The van der Waals surface area contributed by atoms with Gasteiger partial charge in [0.15, 0.2) is 0 Å². The van der Waals surface area contributed by atoms with Crippen molar-refractivity contribution in [1.29, 1.82) is 0 Å². The van der Waals surface area contributed by atoms with Crippen LogP contribution in [-0.4, -0.2) is 42.7 Å². The summed E-state index contributed by atoms with van der Waals surface area (Å²) in [6.07, 6.45) is 0. The van der Waals surface area contributed by atoms with Gasteiger partial charge in [-0.3, -0.25) is 0 Å². The predicted octanol–water partition coefficient (Wildman–Crippen LogP) is 1.32. The SMILES string of the molecule is CC1CN(c2ccccc2CO)CCN1C. The summed E-state index contributed by atoms with van der Waals surface area (Å²) in [6, 6.07) is 8.69. The minimum atomic E-state index is 0.122. The van der Waals surface area contributed by atoms with E-state index >= 15 is 0 Å². The zero-order valence-corrected chi connectivity index (χ0v) is 10.1. The predicted molar refractivity (Wildman–Crippen MR) is 66.7 cm³/mol. The highest BCUT2D eigenvalue weighted by atomic mass is 16.3. The van der Waals surface area contributed by atoms with Gasteiger partial charge in [-0.1, -0.05) is 18.2 Å². The molecule has 16 heavy (non-hydrogen) atoms. The van der Waals surface area contributed by atoms with Crippen LogP contribution in [0.1, 0.15) is 12.5 Å². The van der Waals surface area contributed by atoms with E-state index in [1.54, 1.807) is 0 Å². The molecule has 1 aliphatic heterocycles. The lowest BCUT2D eigenvalue weighted by atomic mass is 10.1. The molecule has 1 saturated heterocycles. The van der Waals surface area contributed by atoms with Crippen molar-refractivity contribution >= 4 is 5.69 Å². The maximum absolute atomic E-state index is 9.33. The van der Waals surface area contributed by atoms with E-state index in [1.807, 2.05) is 18.2 Å². The second kappa shape index (κ2) is 4.85. The normalized spacial score (nSPS) is 22.4. The van der Waals surface area contributed by atoms with Crippen molar-refractivity contribution in [2.24, 2.45) is 0 Å². The first-order chi connectivity index (χ1) is 7.72. The molecule has 1 atom stereocenters. The first kappa shape index (κ1) is 11.4. The second-order valence-corrected chi connectivity index (χ2v) is 4.56. The van der Waals surface area contributed by atoms with Gasteiger partial charge in [0.1, 0.15) is 0 Å². The Hall–Kier alpha value is -1.06. The number of hydrogen-bond donors (Lipinski definition) is 1. The largest absolute Gasteiger partial charge is 0.392 e. The van der Waals surface area contributed by atoms with E-state index in [2.05, 4.69) is 29.8 Å². The van der Waals surface area contributed by atoms with Crippen LogP contribution in [0.2, 0.25) is 0 Å². The van der Waals surface area contributed by atoms with Crippen molar-refractivity contribution in [1.82, 2.24) is 4.90 Å². The summed E-state index contributed by atoms with van der Waals surface area (Å²) in [4.78, 5) is 4.74. The Balaban J connectivity index is 2.18. The Kier molecular flexibility index (Phi) is 3.46. The number of anilines is 1. The number of aliphatic hydroxyl groups is 1. The smallest absolute Gasteiger partial charge is 0.0702 e. The molecule has 1 fully saturated rings. The third-order valence-electron chi connectivity index (χ3n) is 3.46. The molecular formula is C13H20N2O. The van der Waals surface area contributed by atoms with Gasteiger partial charge in [-0.25, -0.2) is 0 Å². The van der Waals surface area contributed by atoms with Crippen LogP contribution in [0, 0.1) is 0 Å². The number of aliphatic hydroxyl groups excluding tert-OH is 1. The molecule has 0 radical (unpaired) electrons. The fourth-order valence-corrected chi connectivity index (χ4v) is 2.22. The van der Waals surface area contributed by atoms with E-state index in [9.17, 15) is 5.11 Å². The fourth-order valence-electron chi connectivity index (χ4n) is 2.22. The molecule has 3 heteroatoms. The molecule has 0 bridgehead atoms. The van der Waals surface area contributed by atoms with Gasteiger partial charge in [-0.05, 0) is 20.0 Å². The lowest BCUT2D eigenvalue weighted by Gasteiger charge is -2.39. The zero-order valence-electron chi connectivity index (χ0n) is 10.1. The fraction of sp³-hybridized carbons (Fsp3) is 0.538. The molecule has 0 aromatic heterocycles. The van der Waals surface area contributed by atoms with Gasteiger partial charge in [-0.15, -0.1) is 0 Å². The number of likely N-dealkylation sites (N-methyl/N-ethyl adjacent to an activating group) is 1. The summed E-state index contributed by atoms with van der Waals surface area (Å²) in [7, 11) is 2.17. The summed E-state index contributed by atoms with van der Waals surface area (Å²) < 4.78 is 0. The molecule has 0 aliphatic carbocycles. The van der Waals surface area contributed by atoms with Crippen LogP contribution in [0.25, 0.3) is 0 Å². The highest BCUT2D eigenvalue weighted by Gasteiger charge is 2.21. The monoisotopic (exact) mass is 220 g/mol.